The number of piperazine rings is 1. The lowest BCUT2D eigenvalue weighted by Crippen LogP contribution is -2.46. The molecule has 3 aliphatic rings. The van der Waals surface area contributed by atoms with Gasteiger partial charge in [0.2, 0.25) is 6.79 Å². The van der Waals surface area contributed by atoms with E-state index in [1.807, 2.05) is 6.07 Å². The van der Waals surface area contributed by atoms with Crippen LogP contribution in [0.3, 0.4) is 0 Å². The molecule has 2 aromatic rings. The number of hydrogen-bond donors (Lipinski definition) is 0. The van der Waals surface area contributed by atoms with Crippen LogP contribution < -0.4 is 19.3 Å². The SMILES string of the molecule is c1nc(N2CCOCC2)cc(N2CCN(Cc3ccc4c(c3)OCO4)CC2)n1. The number of hydrogen-bond acceptors (Lipinski definition) is 8. The van der Waals surface area contributed by atoms with Crippen molar-refractivity contribution in [3.8, 4) is 11.5 Å². The third-order valence-corrected chi connectivity index (χ3v) is 5.51. The fraction of sp³-hybridized carbons (Fsp3) is 0.500. The highest BCUT2D eigenvalue weighted by Gasteiger charge is 2.21. The van der Waals surface area contributed by atoms with Gasteiger partial charge in [-0.15, -0.1) is 0 Å². The molecule has 1 aromatic heterocycles. The molecular formula is C20H25N5O3. The minimum Gasteiger partial charge on any atom is -0.454 e. The summed E-state index contributed by atoms with van der Waals surface area (Å²) in [6, 6.07) is 8.33. The molecule has 0 spiro atoms. The Bertz CT molecular complexity index is 819. The largest absolute Gasteiger partial charge is 0.454 e. The highest BCUT2D eigenvalue weighted by Crippen LogP contribution is 2.33. The minimum absolute atomic E-state index is 0.322. The van der Waals surface area contributed by atoms with Gasteiger partial charge < -0.3 is 24.0 Å². The van der Waals surface area contributed by atoms with Crippen molar-refractivity contribution in [1.82, 2.24) is 14.9 Å². The van der Waals surface area contributed by atoms with Crippen LogP contribution in [-0.4, -0.2) is 74.1 Å². The van der Waals surface area contributed by atoms with Gasteiger partial charge in [0.15, 0.2) is 11.5 Å². The van der Waals surface area contributed by atoms with Crippen LogP contribution >= 0.6 is 0 Å². The summed E-state index contributed by atoms with van der Waals surface area (Å²) >= 11 is 0. The molecule has 0 saturated carbocycles. The first-order chi connectivity index (χ1) is 13.8. The molecule has 0 amide bonds. The van der Waals surface area contributed by atoms with Gasteiger partial charge in [-0.25, -0.2) is 9.97 Å². The quantitative estimate of drug-likeness (QED) is 0.784. The second-order valence-corrected chi connectivity index (χ2v) is 7.28. The number of nitrogens with zero attached hydrogens (tertiary/aromatic N) is 5. The maximum Gasteiger partial charge on any atom is 0.231 e. The smallest absolute Gasteiger partial charge is 0.231 e. The normalized spacial score (nSPS) is 19.9. The molecule has 8 heteroatoms. The lowest BCUT2D eigenvalue weighted by atomic mass is 10.1. The Morgan fingerprint density at radius 2 is 1.50 bits per heavy atom. The fourth-order valence-corrected chi connectivity index (χ4v) is 3.91. The molecule has 148 valence electrons. The van der Waals surface area contributed by atoms with Gasteiger partial charge in [0.05, 0.1) is 13.2 Å². The Morgan fingerprint density at radius 3 is 2.29 bits per heavy atom. The van der Waals surface area contributed by atoms with E-state index in [4.69, 9.17) is 14.2 Å². The van der Waals surface area contributed by atoms with Gasteiger partial charge in [0, 0.05) is 51.9 Å². The predicted molar refractivity (Wildman–Crippen MR) is 105 cm³/mol. The van der Waals surface area contributed by atoms with E-state index in [-0.39, 0.29) is 0 Å². The van der Waals surface area contributed by atoms with E-state index in [0.29, 0.717) is 6.79 Å². The molecule has 5 rings (SSSR count). The summed E-state index contributed by atoms with van der Waals surface area (Å²) in [5.74, 6) is 3.71. The van der Waals surface area contributed by atoms with Crippen molar-refractivity contribution >= 4 is 11.6 Å². The Labute approximate surface area is 164 Å². The average Bonchev–Trinajstić information content (AvgIpc) is 3.23. The van der Waals surface area contributed by atoms with Gasteiger partial charge in [-0.2, -0.15) is 0 Å². The number of anilines is 2. The van der Waals surface area contributed by atoms with Crippen LogP contribution in [0.5, 0.6) is 11.5 Å². The zero-order chi connectivity index (χ0) is 18.8. The number of benzene rings is 1. The lowest BCUT2D eigenvalue weighted by molar-refractivity contribution is 0.122. The molecular weight excluding hydrogens is 358 g/mol. The first-order valence-corrected chi connectivity index (χ1v) is 9.86. The van der Waals surface area contributed by atoms with Crippen LogP contribution in [0.15, 0.2) is 30.6 Å². The molecule has 2 fully saturated rings. The molecule has 0 N–H and O–H groups in total. The van der Waals surface area contributed by atoms with Crippen LogP contribution in [0.4, 0.5) is 11.6 Å². The van der Waals surface area contributed by atoms with E-state index < -0.39 is 0 Å². The fourth-order valence-electron chi connectivity index (χ4n) is 3.91. The predicted octanol–water partition coefficient (Wildman–Crippen LogP) is 1.36. The second-order valence-electron chi connectivity index (χ2n) is 7.28. The maximum absolute atomic E-state index is 5.49. The molecule has 0 unspecified atom stereocenters. The van der Waals surface area contributed by atoms with Crippen LogP contribution in [0.1, 0.15) is 5.56 Å². The monoisotopic (exact) mass is 383 g/mol. The van der Waals surface area contributed by atoms with Crippen molar-refractivity contribution in [2.24, 2.45) is 0 Å². The van der Waals surface area contributed by atoms with E-state index >= 15 is 0 Å². The van der Waals surface area contributed by atoms with E-state index in [2.05, 4.69) is 42.9 Å². The summed E-state index contributed by atoms with van der Waals surface area (Å²) < 4.78 is 16.3. The van der Waals surface area contributed by atoms with Crippen molar-refractivity contribution < 1.29 is 14.2 Å². The summed E-state index contributed by atoms with van der Waals surface area (Å²) in [7, 11) is 0. The topological polar surface area (TPSA) is 63.2 Å². The van der Waals surface area contributed by atoms with Gasteiger partial charge in [0.1, 0.15) is 18.0 Å². The number of aromatic nitrogens is 2. The molecule has 0 bridgehead atoms. The number of morpholine rings is 1. The molecule has 2 saturated heterocycles. The van der Waals surface area contributed by atoms with Crippen LogP contribution in [0.25, 0.3) is 0 Å². The van der Waals surface area contributed by atoms with Crippen molar-refractivity contribution in [3.63, 3.8) is 0 Å². The molecule has 4 heterocycles. The summed E-state index contributed by atoms with van der Waals surface area (Å²) in [6.45, 7) is 8.48. The highest BCUT2D eigenvalue weighted by molar-refractivity contribution is 5.50. The van der Waals surface area contributed by atoms with Crippen molar-refractivity contribution in [1.29, 1.82) is 0 Å². The lowest BCUT2D eigenvalue weighted by Gasteiger charge is -2.36. The Hall–Kier alpha value is -2.58. The summed E-state index contributed by atoms with van der Waals surface area (Å²) in [5.41, 5.74) is 1.26. The number of ether oxygens (including phenoxy) is 3. The third kappa shape index (κ3) is 3.70. The highest BCUT2D eigenvalue weighted by atomic mass is 16.7. The molecule has 8 nitrogen and oxygen atoms in total. The molecule has 1 aromatic carbocycles. The summed E-state index contributed by atoms with van der Waals surface area (Å²) in [4.78, 5) is 16.1. The molecule has 0 aliphatic carbocycles. The van der Waals surface area contributed by atoms with Gasteiger partial charge in [0.25, 0.3) is 0 Å². The van der Waals surface area contributed by atoms with Crippen molar-refractivity contribution in [2.45, 2.75) is 6.54 Å². The zero-order valence-electron chi connectivity index (χ0n) is 15.9. The number of rotatable bonds is 4. The molecule has 0 atom stereocenters. The van der Waals surface area contributed by atoms with E-state index in [9.17, 15) is 0 Å². The van der Waals surface area contributed by atoms with Crippen LogP contribution in [0.2, 0.25) is 0 Å². The minimum atomic E-state index is 0.322. The first kappa shape index (κ1) is 17.5. The standard InChI is InChI=1S/C20H25N5O3/c1-2-17-18(28-15-27-17)11-16(1)13-23-3-5-24(6-4-23)19-12-20(22-14-21-19)25-7-9-26-10-8-25/h1-2,11-12,14H,3-10,13,15H2. The Balaban J connectivity index is 1.19. The average molecular weight is 383 g/mol. The van der Waals surface area contributed by atoms with Gasteiger partial charge in [-0.1, -0.05) is 6.07 Å². The molecule has 3 aliphatic heterocycles. The Morgan fingerprint density at radius 1 is 0.786 bits per heavy atom. The zero-order valence-corrected chi connectivity index (χ0v) is 15.9. The van der Waals surface area contributed by atoms with Gasteiger partial charge >= 0.3 is 0 Å². The van der Waals surface area contributed by atoms with Crippen molar-refractivity contribution in [2.75, 3.05) is 69.1 Å². The summed E-state index contributed by atoms with van der Waals surface area (Å²) in [6.07, 6.45) is 1.68. The molecule has 0 radical (unpaired) electrons. The van der Waals surface area contributed by atoms with E-state index in [1.54, 1.807) is 6.33 Å². The third-order valence-electron chi connectivity index (χ3n) is 5.51. The van der Waals surface area contributed by atoms with Crippen LogP contribution in [-0.2, 0) is 11.3 Å². The van der Waals surface area contributed by atoms with Gasteiger partial charge in [-0.05, 0) is 17.7 Å². The Kier molecular flexibility index (Phi) is 4.88. The van der Waals surface area contributed by atoms with Crippen LogP contribution in [0, 0.1) is 0 Å². The molecule has 28 heavy (non-hydrogen) atoms. The van der Waals surface area contributed by atoms with Gasteiger partial charge in [-0.3, -0.25) is 4.90 Å². The second kappa shape index (κ2) is 7.81. The van der Waals surface area contributed by atoms with E-state index in [1.165, 1.54) is 5.56 Å². The first-order valence-electron chi connectivity index (χ1n) is 9.86. The van der Waals surface area contributed by atoms with E-state index in [0.717, 1.165) is 82.2 Å². The number of fused-ring (bicyclic) bond motifs is 1. The summed E-state index contributed by atoms with van der Waals surface area (Å²) in [5, 5.41) is 0. The maximum atomic E-state index is 5.49. The van der Waals surface area contributed by atoms with Crippen molar-refractivity contribution in [3.05, 3.63) is 36.2 Å².